The van der Waals surface area contributed by atoms with Crippen molar-refractivity contribution in [3.63, 3.8) is 0 Å². The summed E-state index contributed by atoms with van der Waals surface area (Å²) in [4.78, 5) is 4.33. The lowest BCUT2D eigenvalue weighted by Crippen LogP contribution is -2.48. The number of hydrogen-bond acceptors (Lipinski definition) is 4. The van der Waals surface area contributed by atoms with E-state index >= 15 is 0 Å². The Hall–Kier alpha value is -2.40. The van der Waals surface area contributed by atoms with Crippen LogP contribution in [0.15, 0.2) is 54.9 Å². The van der Waals surface area contributed by atoms with Gasteiger partial charge in [0, 0.05) is 52.5 Å². The van der Waals surface area contributed by atoms with Gasteiger partial charge in [0.2, 0.25) is 0 Å². The molecule has 0 saturated carbocycles. The summed E-state index contributed by atoms with van der Waals surface area (Å²) < 4.78 is 13.2. The SMILES string of the molecule is CCS1(C)(=O)CCC(Nc2cc(-c3cccc(N)c3)cc3ccncc23)CC1. The molecule has 1 aliphatic rings. The lowest BCUT2D eigenvalue weighted by Gasteiger charge is -2.43. The van der Waals surface area contributed by atoms with Gasteiger partial charge in [-0.25, -0.2) is 0 Å². The summed E-state index contributed by atoms with van der Waals surface area (Å²) in [7, 11) is -2.42. The van der Waals surface area contributed by atoms with Crippen LogP contribution in [0.2, 0.25) is 0 Å². The highest BCUT2D eigenvalue weighted by Crippen LogP contribution is 2.35. The van der Waals surface area contributed by atoms with Crippen LogP contribution in [-0.2, 0) is 9.07 Å². The molecule has 0 unspecified atom stereocenters. The molecule has 4 rings (SSSR count). The van der Waals surface area contributed by atoms with Crippen LogP contribution in [0.1, 0.15) is 19.8 Å². The third-order valence-electron chi connectivity index (χ3n) is 6.24. The molecule has 1 aliphatic heterocycles. The lowest BCUT2D eigenvalue weighted by molar-refractivity contribution is 0.601. The summed E-state index contributed by atoms with van der Waals surface area (Å²) in [5, 5.41) is 6.00. The Morgan fingerprint density at radius 3 is 2.64 bits per heavy atom. The van der Waals surface area contributed by atoms with Crippen LogP contribution in [-0.4, -0.2) is 38.7 Å². The van der Waals surface area contributed by atoms with E-state index in [1.165, 1.54) is 0 Å². The number of anilines is 2. The Morgan fingerprint density at radius 1 is 1.14 bits per heavy atom. The maximum Gasteiger partial charge on any atom is 0.0443 e. The van der Waals surface area contributed by atoms with Gasteiger partial charge in [0.25, 0.3) is 0 Å². The molecule has 0 atom stereocenters. The number of rotatable bonds is 4. The van der Waals surface area contributed by atoms with Crippen molar-refractivity contribution in [1.82, 2.24) is 4.98 Å². The summed E-state index contributed by atoms with van der Waals surface area (Å²) in [6.07, 6.45) is 7.64. The molecular formula is C23H29N3OS. The summed E-state index contributed by atoms with van der Waals surface area (Å²) in [6.45, 7) is 2.07. The second-order valence-electron chi connectivity index (χ2n) is 8.36. The number of nitrogens with one attached hydrogen (secondary N) is 1. The van der Waals surface area contributed by atoms with Crippen molar-refractivity contribution in [2.75, 3.05) is 34.6 Å². The molecule has 0 spiro atoms. The van der Waals surface area contributed by atoms with Gasteiger partial charge in [0.05, 0.1) is 0 Å². The van der Waals surface area contributed by atoms with Crippen LogP contribution in [0, 0.1) is 0 Å². The Bertz CT molecular complexity index is 1080. The number of benzene rings is 2. The van der Waals surface area contributed by atoms with Crippen LogP contribution in [0.5, 0.6) is 0 Å². The number of nitrogens with zero attached hydrogens (tertiary/aromatic N) is 1. The molecule has 3 N–H and O–H groups in total. The second kappa shape index (κ2) is 6.89. The average Bonchev–Trinajstić information content (AvgIpc) is 2.70. The van der Waals surface area contributed by atoms with Gasteiger partial charge in [-0.3, -0.25) is 9.19 Å². The second-order valence-corrected chi connectivity index (χ2v) is 13.8. The van der Waals surface area contributed by atoms with E-state index in [1.807, 2.05) is 42.9 Å². The third-order valence-corrected chi connectivity index (χ3v) is 10.6. The highest BCUT2D eigenvalue weighted by atomic mass is 32.3. The molecule has 2 heterocycles. The van der Waals surface area contributed by atoms with E-state index in [0.29, 0.717) is 6.04 Å². The fourth-order valence-corrected chi connectivity index (χ4v) is 6.73. The summed E-state index contributed by atoms with van der Waals surface area (Å²) in [5.74, 6) is 2.43. The van der Waals surface area contributed by atoms with E-state index in [-0.39, 0.29) is 0 Å². The first-order valence-corrected chi connectivity index (χ1v) is 12.8. The molecule has 0 radical (unpaired) electrons. The van der Waals surface area contributed by atoms with E-state index in [4.69, 9.17) is 5.73 Å². The molecular weight excluding hydrogens is 366 g/mol. The fourth-order valence-electron chi connectivity index (χ4n) is 4.05. The largest absolute Gasteiger partial charge is 0.399 e. The van der Waals surface area contributed by atoms with Crippen molar-refractivity contribution in [3.8, 4) is 11.1 Å². The zero-order valence-electron chi connectivity index (χ0n) is 16.7. The van der Waals surface area contributed by atoms with Gasteiger partial charge < -0.3 is 11.1 Å². The molecule has 28 heavy (non-hydrogen) atoms. The number of nitrogens with two attached hydrogens (primary N) is 1. The molecule has 1 fully saturated rings. The van der Waals surface area contributed by atoms with Crippen molar-refractivity contribution in [1.29, 1.82) is 0 Å². The van der Waals surface area contributed by atoms with Gasteiger partial charge in [0.1, 0.15) is 0 Å². The first-order chi connectivity index (χ1) is 13.3. The van der Waals surface area contributed by atoms with E-state index in [9.17, 15) is 4.21 Å². The van der Waals surface area contributed by atoms with Gasteiger partial charge in [-0.05, 0) is 65.9 Å². The molecule has 0 bridgehead atoms. The van der Waals surface area contributed by atoms with Crippen molar-refractivity contribution >= 4 is 31.2 Å². The van der Waals surface area contributed by atoms with E-state index in [0.717, 1.165) is 63.4 Å². The Morgan fingerprint density at radius 2 is 1.93 bits per heavy atom. The minimum Gasteiger partial charge on any atom is -0.399 e. The number of fused-ring (bicyclic) bond motifs is 1. The topological polar surface area (TPSA) is 68.0 Å². The third kappa shape index (κ3) is 3.76. The molecule has 2 aromatic carbocycles. The summed E-state index contributed by atoms with van der Waals surface area (Å²) in [5.41, 5.74) is 10.1. The standard InChI is InChI=1S/C23H29N3OS/c1-3-28(2,27)11-8-21(9-12-28)26-23-15-19(17-5-4-6-20(24)14-17)13-18-7-10-25-16-22(18)23/h4-7,10,13-16,21,26H,3,8-9,11-12,24H2,1-2H3. The molecule has 4 nitrogen and oxygen atoms in total. The Kier molecular flexibility index (Phi) is 4.66. The number of pyridine rings is 1. The van der Waals surface area contributed by atoms with Crippen LogP contribution in [0.25, 0.3) is 21.9 Å². The summed E-state index contributed by atoms with van der Waals surface area (Å²) in [6, 6.07) is 14.7. The molecule has 0 aliphatic carbocycles. The van der Waals surface area contributed by atoms with Gasteiger partial charge >= 0.3 is 0 Å². The van der Waals surface area contributed by atoms with Crippen molar-refractivity contribution in [2.24, 2.45) is 0 Å². The molecule has 0 amide bonds. The fraction of sp³-hybridized carbons (Fsp3) is 0.348. The van der Waals surface area contributed by atoms with Crippen LogP contribution in [0.3, 0.4) is 0 Å². The Balaban J connectivity index is 1.68. The van der Waals surface area contributed by atoms with Crippen molar-refractivity contribution < 1.29 is 4.21 Å². The number of aromatic nitrogens is 1. The number of hydrogen-bond donors (Lipinski definition) is 2. The molecule has 3 aromatic rings. The highest BCUT2D eigenvalue weighted by Gasteiger charge is 2.35. The maximum atomic E-state index is 13.2. The van der Waals surface area contributed by atoms with Gasteiger partial charge in [-0.15, -0.1) is 0 Å². The monoisotopic (exact) mass is 395 g/mol. The van der Waals surface area contributed by atoms with Gasteiger partial charge in [-0.1, -0.05) is 28.1 Å². The minimum atomic E-state index is -2.42. The number of nitrogen functional groups attached to an aromatic ring is 1. The zero-order valence-corrected chi connectivity index (χ0v) is 17.5. The first-order valence-electron chi connectivity index (χ1n) is 9.95. The molecule has 5 heteroatoms. The average molecular weight is 396 g/mol. The molecule has 1 aromatic heterocycles. The predicted octanol–water partition coefficient (Wildman–Crippen LogP) is 4.53. The highest BCUT2D eigenvalue weighted by molar-refractivity contribution is 8.19. The van der Waals surface area contributed by atoms with Gasteiger partial charge in [0.15, 0.2) is 0 Å². The molecule has 148 valence electrons. The molecule has 1 saturated heterocycles. The minimum absolute atomic E-state index is 0.337. The smallest absolute Gasteiger partial charge is 0.0443 e. The van der Waals surface area contributed by atoms with Crippen LogP contribution >= 0.6 is 0 Å². The van der Waals surface area contributed by atoms with Crippen molar-refractivity contribution in [3.05, 3.63) is 54.9 Å². The maximum absolute atomic E-state index is 13.2. The summed E-state index contributed by atoms with van der Waals surface area (Å²) >= 11 is 0. The normalized spacial score (nSPS) is 22.2. The van der Waals surface area contributed by atoms with Crippen LogP contribution < -0.4 is 11.1 Å². The lowest BCUT2D eigenvalue weighted by atomic mass is 9.99. The van der Waals surface area contributed by atoms with E-state index in [1.54, 1.807) is 0 Å². The predicted molar refractivity (Wildman–Crippen MR) is 123 cm³/mol. The Labute approximate surface area is 167 Å². The van der Waals surface area contributed by atoms with Crippen molar-refractivity contribution in [2.45, 2.75) is 25.8 Å². The zero-order chi connectivity index (χ0) is 19.8. The quantitative estimate of drug-likeness (QED) is 0.637. The van der Waals surface area contributed by atoms with Gasteiger partial charge in [-0.2, -0.15) is 0 Å². The van der Waals surface area contributed by atoms with E-state index in [2.05, 4.69) is 35.4 Å². The van der Waals surface area contributed by atoms with E-state index < -0.39 is 9.07 Å². The first kappa shape index (κ1) is 18.9. The van der Waals surface area contributed by atoms with Crippen LogP contribution in [0.4, 0.5) is 11.4 Å².